The first-order valence-electron chi connectivity index (χ1n) is 8.43. The van der Waals surface area contributed by atoms with Gasteiger partial charge in [-0.2, -0.15) is 0 Å². The maximum Gasteiger partial charge on any atom is 0.0223 e. The van der Waals surface area contributed by atoms with Gasteiger partial charge in [0.25, 0.3) is 0 Å². The zero-order valence-corrected chi connectivity index (χ0v) is 13.0. The number of nitrogens with one attached hydrogen (secondary N) is 1. The van der Waals surface area contributed by atoms with E-state index in [4.69, 9.17) is 0 Å². The predicted octanol–water partition coefficient (Wildman–Crippen LogP) is 2.18. The maximum atomic E-state index is 3.52. The summed E-state index contributed by atoms with van der Waals surface area (Å²) in [5.74, 6) is 0.945. The van der Waals surface area contributed by atoms with Crippen LogP contribution >= 0.6 is 0 Å². The fourth-order valence-corrected chi connectivity index (χ4v) is 3.79. The fourth-order valence-electron chi connectivity index (χ4n) is 3.79. The SMILES string of the molecule is CCN1CCCC1CN(C)CCCC1CCCNC1. The minimum absolute atomic E-state index is 0.825. The Morgan fingerprint density at radius 3 is 2.89 bits per heavy atom. The van der Waals surface area contributed by atoms with E-state index in [-0.39, 0.29) is 0 Å². The monoisotopic (exact) mass is 267 g/mol. The fraction of sp³-hybridized carbons (Fsp3) is 1.00. The first kappa shape index (κ1) is 15.3. The molecule has 0 radical (unpaired) electrons. The lowest BCUT2D eigenvalue weighted by atomic mass is 9.94. The van der Waals surface area contributed by atoms with Crippen LogP contribution in [0.1, 0.15) is 45.4 Å². The average Bonchev–Trinajstić information content (AvgIpc) is 2.87. The van der Waals surface area contributed by atoms with Gasteiger partial charge in [0.15, 0.2) is 0 Å². The molecule has 0 aliphatic carbocycles. The summed E-state index contributed by atoms with van der Waals surface area (Å²) in [6, 6.07) is 0.825. The summed E-state index contributed by atoms with van der Waals surface area (Å²) in [6.07, 6.45) is 8.43. The lowest BCUT2D eigenvalue weighted by molar-refractivity contribution is 0.194. The van der Waals surface area contributed by atoms with Gasteiger partial charge < -0.3 is 10.2 Å². The zero-order chi connectivity index (χ0) is 13.5. The van der Waals surface area contributed by atoms with Crippen molar-refractivity contribution in [1.29, 1.82) is 0 Å². The Bertz CT molecular complexity index is 238. The van der Waals surface area contributed by atoms with E-state index in [9.17, 15) is 0 Å². The van der Waals surface area contributed by atoms with Crippen LogP contribution in [-0.4, -0.2) is 62.2 Å². The van der Waals surface area contributed by atoms with Crippen LogP contribution in [0.2, 0.25) is 0 Å². The molecule has 0 aromatic carbocycles. The maximum absolute atomic E-state index is 3.52. The average molecular weight is 267 g/mol. The molecule has 0 spiro atoms. The molecule has 2 unspecified atom stereocenters. The third-order valence-electron chi connectivity index (χ3n) is 4.98. The highest BCUT2D eigenvalue weighted by Crippen LogP contribution is 2.18. The highest BCUT2D eigenvalue weighted by Gasteiger charge is 2.23. The van der Waals surface area contributed by atoms with E-state index in [2.05, 4.69) is 29.1 Å². The molecule has 2 heterocycles. The number of hydrogen-bond acceptors (Lipinski definition) is 3. The van der Waals surface area contributed by atoms with Crippen LogP contribution in [0, 0.1) is 5.92 Å². The van der Waals surface area contributed by atoms with Crippen molar-refractivity contribution in [2.24, 2.45) is 5.92 Å². The van der Waals surface area contributed by atoms with Gasteiger partial charge >= 0.3 is 0 Å². The molecule has 0 bridgehead atoms. The van der Waals surface area contributed by atoms with E-state index in [0.29, 0.717) is 0 Å². The summed E-state index contributed by atoms with van der Waals surface area (Å²) in [5, 5.41) is 3.52. The largest absolute Gasteiger partial charge is 0.316 e. The van der Waals surface area contributed by atoms with E-state index in [0.717, 1.165) is 12.0 Å². The first-order chi connectivity index (χ1) is 9.29. The Morgan fingerprint density at radius 1 is 1.26 bits per heavy atom. The van der Waals surface area contributed by atoms with Gasteiger partial charge in [-0.1, -0.05) is 6.92 Å². The van der Waals surface area contributed by atoms with Crippen molar-refractivity contribution in [3.63, 3.8) is 0 Å². The summed E-state index contributed by atoms with van der Waals surface area (Å²) >= 11 is 0. The number of nitrogens with zero attached hydrogens (tertiary/aromatic N) is 2. The number of hydrogen-bond donors (Lipinski definition) is 1. The summed E-state index contributed by atoms with van der Waals surface area (Å²) in [5.41, 5.74) is 0. The van der Waals surface area contributed by atoms with E-state index in [1.54, 1.807) is 0 Å². The molecule has 0 saturated carbocycles. The van der Waals surface area contributed by atoms with Crippen LogP contribution in [-0.2, 0) is 0 Å². The minimum atomic E-state index is 0.825. The second-order valence-corrected chi connectivity index (χ2v) is 6.54. The standard InChI is InChI=1S/C16H33N3/c1-3-19-12-6-9-16(19)14-18(2)11-5-8-15-7-4-10-17-13-15/h15-17H,3-14H2,1-2H3. The van der Waals surface area contributed by atoms with Gasteiger partial charge in [-0.3, -0.25) is 4.90 Å². The van der Waals surface area contributed by atoms with Gasteiger partial charge in [0.2, 0.25) is 0 Å². The molecule has 2 aliphatic heterocycles. The Hall–Kier alpha value is -0.120. The van der Waals surface area contributed by atoms with E-state index in [1.807, 2.05) is 0 Å². The molecule has 0 aromatic heterocycles. The van der Waals surface area contributed by atoms with Gasteiger partial charge in [0.1, 0.15) is 0 Å². The van der Waals surface area contributed by atoms with E-state index >= 15 is 0 Å². The third-order valence-corrected chi connectivity index (χ3v) is 4.98. The lowest BCUT2D eigenvalue weighted by Crippen LogP contribution is -2.39. The van der Waals surface area contributed by atoms with Crippen LogP contribution in [0.4, 0.5) is 0 Å². The Balaban J connectivity index is 1.57. The van der Waals surface area contributed by atoms with Crippen molar-refractivity contribution >= 4 is 0 Å². The minimum Gasteiger partial charge on any atom is -0.316 e. The summed E-state index contributed by atoms with van der Waals surface area (Å²) in [7, 11) is 2.31. The van der Waals surface area contributed by atoms with E-state index in [1.165, 1.54) is 77.8 Å². The van der Waals surface area contributed by atoms with E-state index < -0.39 is 0 Å². The zero-order valence-electron chi connectivity index (χ0n) is 13.0. The predicted molar refractivity (Wildman–Crippen MR) is 82.6 cm³/mol. The smallest absolute Gasteiger partial charge is 0.0223 e. The molecule has 3 nitrogen and oxygen atoms in total. The molecule has 0 aromatic rings. The van der Waals surface area contributed by atoms with Crippen LogP contribution in [0.3, 0.4) is 0 Å². The van der Waals surface area contributed by atoms with Crippen LogP contribution < -0.4 is 5.32 Å². The quantitative estimate of drug-likeness (QED) is 0.763. The summed E-state index contributed by atoms with van der Waals surface area (Å²) in [4.78, 5) is 5.22. The number of piperidine rings is 1. The molecule has 2 aliphatic rings. The van der Waals surface area contributed by atoms with Crippen LogP contribution in [0.15, 0.2) is 0 Å². The molecule has 2 atom stereocenters. The number of likely N-dealkylation sites (tertiary alicyclic amines) is 1. The van der Waals surface area contributed by atoms with Gasteiger partial charge in [-0.15, -0.1) is 0 Å². The second-order valence-electron chi connectivity index (χ2n) is 6.54. The summed E-state index contributed by atoms with van der Waals surface area (Å²) in [6.45, 7) is 9.91. The second kappa shape index (κ2) is 8.23. The topological polar surface area (TPSA) is 18.5 Å². The highest BCUT2D eigenvalue weighted by molar-refractivity contribution is 4.80. The molecule has 2 fully saturated rings. The molecule has 2 saturated heterocycles. The van der Waals surface area contributed by atoms with Crippen molar-refractivity contribution in [3.8, 4) is 0 Å². The number of likely N-dealkylation sites (N-methyl/N-ethyl adjacent to an activating group) is 2. The molecular formula is C16H33N3. The lowest BCUT2D eigenvalue weighted by Gasteiger charge is -2.28. The van der Waals surface area contributed by atoms with Gasteiger partial charge in [-0.05, 0) is 84.2 Å². The van der Waals surface area contributed by atoms with Crippen molar-refractivity contribution in [2.45, 2.75) is 51.5 Å². The van der Waals surface area contributed by atoms with Gasteiger partial charge in [0.05, 0.1) is 0 Å². The molecular weight excluding hydrogens is 234 g/mol. The Labute approximate surface area is 119 Å². The van der Waals surface area contributed by atoms with Crippen molar-refractivity contribution in [1.82, 2.24) is 15.1 Å². The first-order valence-corrected chi connectivity index (χ1v) is 8.43. The molecule has 112 valence electrons. The number of rotatable bonds is 7. The molecule has 3 heteroatoms. The normalized spacial score (nSPS) is 29.2. The molecule has 1 N–H and O–H groups in total. The summed E-state index contributed by atoms with van der Waals surface area (Å²) < 4.78 is 0. The van der Waals surface area contributed by atoms with Crippen molar-refractivity contribution < 1.29 is 0 Å². The highest BCUT2D eigenvalue weighted by atomic mass is 15.2. The van der Waals surface area contributed by atoms with Gasteiger partial charge in [0, 0.05) is 12.6 Å². The molecule has 0 amide bonds. The van der Waals surface area contributed by atoms with Crippen molar-refractivity contribution in [2.75, 3.05) is 46.3 Å². The molecule has 19 heavy (non-hydrogen) atoms. The third kappa shape index (κ3) is 5.05. The Kier molecular flexibility index (Phi) is 6.62. The van der Waals surface area contributed by atoms with Crippen LogP contribution in [0.5, 0.6) is 0 Å². The van der Waals surface area contributed by atoms with Crippen molar-refractivity contribution in [3.05, 3.63) is 0 Å². The van der Waals surface area contributed by atoms with Crippen LogP contribution in [0.25, 0.3) is 0 Å². The molecule has 2 rings (SSSR count). The van der Waals surface area contributed by atoms with Gasteiger partial charge in [-0.25, -0.2) is 0 Å². The Morgan fingerprint density at radius 2 is 2.16 bits per heavy atom.